The van der Waals surface area contributed by atoms with Crippen LogP contribution in [0.15, 0.2) is 30.3 Å². The van der Waals surface area contributed by atoms with E-state index >= 15 is 0 Å². The smallest absolute Gasteiger partial charge is 0.236 e. The lowest BCUT2D eigenvalue weighted by Gasteiger charge is -2.33. The Balaban J connectivity index is 1.43. The Morgan fingerprint density at radius 2 is 1.70 bits per heavy atom. The molecule has 6 nitrogen and oxygen atoms in total. The monoisotopic (exact) mass is 393 g/mol. The van der Waals surface area contributed by atoms with Gasteiger partial charge in [0.2, 0.25) is 15.9 Å². The molecule has 27 heavy (non-hydrogen) atoms. The Hall–Kier alpha value is -1.44. The third-order valence-electron chi connectivity index (χ3n) is 5.71. The molecule has 150 valence electrons. The van der Waals surface area contributed by atoms with Crippen LogP contribution in [0.4, 0.5) is 0 Å². The molecule has 0 radical (unpaired) electrons. The molecule has 0 spiro atoms. The van der Waals surface area contributed by atoms with Crippen LogP contribution in [0.3, 0.4) is 0 Å². The van der Waals surface area contributed by atoms with Crippen LogP contribution in [0.5, 0.6) is 0 Å². The molecule has 0 aromatic heterocycles. The number of hydrogen-bond acceptors (Lipinski definition) is 4. The lowest BCUT2D eigenvalue weighted by molar-refractivity contribution is -0.133. The lowest BCUT2D eigenvalue weighted by Crippen LogP contribution is -2.45. The van der Waals surface area contributed by atoms with Crippen LogP contribution in [0.2, 0.25) is 0 Å². The summed E-state index contributed by atoms with van der Waals surface area (Å²) in [6.07, 6.45) is 5.24. The van der Waals surface area contributed by atoms with Crippen LogP contribution in [0.25, 0.3) is 0 Å². The maximum absolute atomic E-state index is 12.7. The highest BCUT2D eigenvalue weighted by atomic mass is 32.2. The zero-order valence-corrected chi connectivity index (χ0v) is 17.0. The van der Waals surface area contributed by atoms with Crippen LogP contribution >= 0.6 is 0 Å². The molecule has 1 amide bonds. The maximum Gasteiger partial charge on any atom is 0.236 e. The molecular formula is C20H31N3O3S. The Bertz CT molecular complexity index is 715. The Labute approximate surface area is 163 Å². The van der Waals surface area contributed by atoms with E-state index < -0.39 is 10.0 Å². The van der Waals surface area contributed by atoms with Crippen LogP contribution < -0.4 is 0 Å². The second-order valence-electron chi connectivity index (χ2n) is 7.81. The SMILES string of the molecule is CS(=O)(=O)N1CCCN(CC(=O)N2CCC(Cc3ccccc3)CC2)CC1. The molecule has 2 aliphatic rings. The molecule has 2 fully saturated rings. The average molecular weight is 394 g/mol. The molecule has 3 rings (SSSR count). The van der Waals surface area contributed by atoms with Crippen molar-refractivity contribution in [1.82, 2.24) is 14.1 Å². The van der Waals surface area contributed by atoms with E-state index in [0.717, 1.165) is 45.3 Å². The number of hydrogen-bond donors (Lipinski definition) is 0. The first-order valence-corrected chi connectivity index (χ1v) is 11.8. The predicted octanol–water partition coefficient (Wildman–Crippen LogP) is 1.44. The van der Waals surface area contributed by atoms with Crippen molar-refractivity contribution in [3.8, 4) is 0 Å². The van der Waals surface area contributed by atoms with Crippen LogP contribution in [0.1, 0.15) is 24.8 Å². The molecule has 0 N–H and O–H groups in total. The quantitative estimate of drug-likeness (QED) is 0.759. The van der Waals surface area contributed by atoms with Crippen molar-refractivity contribution in [2.24, 2.45) is 5.92 Å². The molecule has 0 saturated carbocycles. The van der Waals surface area contributed by atoms with Crippen LogP contribution in [-0.2, 0) is 21.2 Å². The summed E-state index contributed by atoms with van der Waals surface area (Å²) >= 11 is 0. The molecule has 1 aromatic rings. The highest BCUT2D eigenvalue weighted by Crippen LogP contribution is 2.22. The van der Waals surface area contributed by atoms with E-state index in [-0.39, 0.29) is 5.91 Å². The first kappa shape index (κ1) is 20.3. The molecule has 0 unspecified atom stereocenters. The van der Waals surface area contributed by atoms with E-state index in [4.69, 9.17) is 0 Å². The summed E-state index contributed by atoms with van der Waals surface area (Å²) in [4.78, 5) is 16.8. The second kappa shape index (κ2) is 9.17. The highest BCUT2D eigenvalue weighted by molar-refractivity contribution is 7.88. The Morgan fingerprint density at radius 1 is 1.00 bits per heavy atom. The number of amides is 1. The third kappa shape index (κ3) is 6.02. The van der Waals surface area contributed by atoms with Crippen molar-refractivity contribution in [2.45, 2.75) is 25.7 Å². The van der Waals surface area contributed by atoms with Gasteiger partial charge in [0.1, 0.15) is 0 Å². The fourth-order valence-electron chi connectivity index (χ4n) is 4.06. The zero-order valence-electron chi connectivity index (χ0n) is 16.2. The van der Waals surface area contributed by atoms with Gasteiger partial charge in [0.25, 0.3) is 0 Å². The molecule has 0 aliphatic carbocycles. The zero-order chi connectivity index (χ0) is 19.3. The summed E-state index contributed by atoms with van der Waals surface area (Å²) in [7, 11) is -3.14. The number of rotatable bonds is 5. The van der Waals surface area contributed by atoms with Crippen LogP contribution in [-0.4, -0.2) is 80.5 Å². The minimum Gasteiger partial charge on any atom is -0.342 e. The molecule has 0 atom stereocenters. The minimum absolute atomic E-state index is 0.181. The molecular weight excluding hydrogens is 362 g/mol. The number of piperidine rings is 1. The van der Waals surface area contributed by atoms with Crippen molar-refractivity contribution < 1.29 is 13.2 Å². The van der Waals surface area contributed by atoms with Gasteiger partial charge < -0.3 is 4.90 Å². The summed E-state index contributed by atoms with van der Waals surface area (Å²) in [5.74, 6) is 0.832. The average Bonchev–Trinajstić information content (AvgIpc) is 2.89. The lowest BCUT2D eigenvalue weighted by atomic mass is 9.90. The third-order valence-corrected chi connectivity index (χ3v) is 7.01. The normalized spacial score (nSPS) is 21.1. The van der Waals surface area contributed by atoms with E-state index in [1.54, 1.807) is 0 Å². The largest absolute Gasteiger partial charge is 0.342 e. The molecule has 0 bridgehead atoms. The topological polar surface area (TPSA) is 60.9 Å². The Kier molecular flexibility index (Phi) is 6.89. The van der Waals surface area contributed by atoms with Gasteiger partial charge in [-0.3, -0.25) is 9.69 Å². The Morgan fingerprint density at radius 3 is 2.37 bits per heavy atom. The van der Waals surface area contributed by atoms with Gasteiger partial charge in [-0.2, -0.15) is 0 Å². The van der Waals surface area contributed by atoms with Gasteiger partial charge in [0.15, 0.2) is 0 Å². The fraction of sp³-hybridized carbons (Fsp3) is 0.650. The van der Waals surface area contributed by atoms with E-state index in [1.807, 2.05) is 11.0 Å². The van der Waals surface area contributed by atoms with E-state index in [0.29, 0.717) is 32.1 Å². The standard InChI is InChI=1S/C20H31N3O3S/c1-27(25,26)23-11-5-10-21(14-15-23)17-20(24)22-12-8-19(9-13-22)16-18-6-3-2-4-7-18/h2-4,6-7,19H,5,8-17H2,1H3. The van der Waals surface area contributed by atoms with E-state index in [2.05, 4.69) is 29.2 Å². The van der Waals surface area contributed by atoms with Crippen molar-refractivity contribution in [3.63, 3.8) is 0 Å². The molecule has 1 aromatic carbocycles. The van der Waals surface area contributed by atoms with Gasteiger partial charge in [0.05, 0.1) is 12.8 Å². The van der Waals surface area contributed by atoms with Crippen molar-refractivity contribution >= 4 is 15.9 Å². The van der Waals surface area contributed by atoms with Gasteiger partial charge in [0, 0.05) is 32.7 Å². The number of carbonyl (C=O) groups excluding carboxylic acids is 1. The second-order valence-corrected chi connectivity index (χ2v) is 9.79. The summed E-state index contributed by atoms with van der Waals surface area (Å²) in [6.45, 7) is 4.51. The summed E-state index contributed by atoms with van der Waals surface area (Å²) in [5.41, 5.74) is 1.38. The molecule has 7 heteroatoms. The van der Waals surface area contributed by atoms with Crippen molar-refractivity contribution in [3.05, 3.63) is 35.9 Å². The molecule has 2 heterocycles. The van der Waals surface area contributed by atoms with Gasteiger partial charge >= 0.3 is 0 Å². The van der Waals surface area contributed by atoms with Crippen LogP contribution in [0, 0.1) is 5.92 Å². The molecule has 2 saturated heterocycles. The van der Waals surface area contributed by atoms with E-state index in [9.17, 15) is 13.2 Å². The fourth-order valence-corrected chi connectivity index (χ4v) is 4.94. The van der Waals surface area contributed by atoms with E-state index in [1.165, 1.54) is 16.1 Å². The van der Waals surface area contributed by atoms with Gasteiger partial charge in [-0.15, -0.1) is 0 Å². The number of sulfonamides is 1. The number of nitrogens with zero attached hydrogens (tertiary/aromatic N) is 3. The summed E-state index contributed by atoms with van der Waals surface area (Å²) in [6, 6.07) is 10.6. The van der Waals surface area contributed by atoms with Gasteiger partial charge in [-0.05, 0) is 43.7 Å². The molecule has 2 aliphatic heterocycles. The predicted molar refractivity (Wildman–Crippen MR) is 107 cm³/mol. The van der Waals surface area contributed by atoms with Gasteiger partial charge in [-0.25, -0.2) is 12.7 Å². The highest BCUT2D eigenvalue weighted by Gasteiger charge is 2.26. The van der Waals surface area contributed by atoms with Crippen molar-refractivity contribution in [1.29, 1.82) is 0 Å². The number of carbonyl (C=O) groups is 1. The van der Waals surface area contributed by atoms with Crippen molar-refractivity contribution in [2.75, 3.05) is 52.1 Å². The number of likely N-dealkylation sites (tertiary alicyclic amines) is 1. The maximum atomic E-state index is 12.7. The summed E-state index contributed by atoms with van der Waals surface area (Å²) < 4.78 is 24.9. The summed E-state index contributed by atoms with van der Waals surface area (Å²) in [5, 5.41) is 0. The first-order valence-electron chi connectivity index (χ1n) is 9.91. The number of benzene rings is 1. The van der Waals surface area contributed by atoms with Gasteiger partial charge in [-0.1, -0.05) is 30.3 Å². The first-order chi connectivity index (χ1) is 12.9. The minimum atomic E-state index is -3.14.